The van der Waals surface area contributed by atoms with Crippen LogP contribution in [0.25, 0.3) is 16.9 Å². The van der Waals surface area contributed by atoms with Crippen molar-refractivity contribution >= 4 is 11.6 Å². The number of halogens is 2. The van der Waals surface area contributed by atoms with Crippen LogP contribution >= 0.6 is 0 Å². The summed E-state index contributed by atoms with van der Waals surface area (Å²) in [7, 11) is 0. The molecule has 1 aliphatic heterocycles. The van der Waals surface area contributed by atoms with Gasteiger partial charge < -0.3 is 4.90 Å². The quantitative estimate of drug-likeness (QED) is 0.421. The van der Waals surface area contributed by atoms with Crippen molar-refractivity contribution in [1.29, 1.82) is 0 Å². The molecule has 0 aliphatic carbocycles. The zero-order chi connectivity index (χ0) is 24.5. The second-order valence-electron chi connectivity index (χ2n) is 8.69. The lowest BCUT2D eigenvalue weighted by molar-refractivity contribution is 0.0629. The van der Waals surface area contributed by atoms with Crippen molar-refractivity contribution in [2.45, 2.75) is 33.4 Å². The fourth-order valence-corrected chi connectivity index (χ4v) is 4.45. The second-order valence-corrected chi connectivity index (χ2v) is 8.69. The molecule has 4 aromatic rings. The van der Waals surface area contributed by atoms with Gasteiger partial charge in [0.1, 0.15) is 11.3 Å². The number of fused-ring (bicyclic) bond motifs is 1. The number of benzene rings is 1. The number of amides is 1. The van der Waals surface area contributed by atoms with Gasteiger partial charge in [0.25, 0.3) is 12.3 Å². The summed E-state index contributed by atoms with van der Waals surface area (Å²) in [5, 5.41) is 8.59. The molecule has 8 nitrogen and oxygen atoms in total. The van der Waals surface area contributed by atoms with Crippen molar-refractivity contribution in [3.8, 4) is 11.3 Å². The Morgan fingerprint density at radius 3 is 2.51 bits per heavy atom. The van der Waals surface area contributed by atoms with E-state index in [-0.39, 0.29) is 22.8 Å². The third kappa shape index (κ3) is 4.53. The minimum Gasteiger partial charge on any atom is -0.336 e. The van der Waals surface area contributed by atoms with Crippen LogP contribution < -0.4 is 0 Å². The van der Waals surface area contributed by atoms with Gasteiger partial charge in [0.05, 0.1) is 17.6 Å². The van der Waals surface area contributed by atoms with Crippen LogP contribution in [0.3, 0.4) is 0 Å². The molecule has 0 saturated carbocycles. The first-order valence-corrected chi connectivity index (χ1v) is 11.7. The Kier molecular flexibility index (Phi) is 6.29. The lowest BCUT2D eigenvalue weighted by atomic mass is 10.1. The van der Waals surface area contributed by atoms with E-state index in [4.69, 9.17) is 0 Å². The molecule has 0 radical (unpaired) electrons. The Bertz CT molecular complexity index is 1340. The van der Waals surface area contributed by atoms with Crippen LogP contribution in [0.15, 0.2) is 48.8 Å². The van der Waals surface area contributed by atoms with Gasteiger partial charge in [-0.3, -0.25) is 14.4 Å². The Hall–Kier alpha value is -3.66. The van der Waals surface area contributed by atoms with Gasteiger partial charge in [0.15, 0.2) is 5.65 Å². The average molecular weight is 480 g/mol. The van der Waals surface area contributed by atoms with Gasteiger partial charge in [-0.15, -0.1) is 0 Å². The van der Waals surface area contributed by atoms with Gasteiger partial charge in [-0.2, -0.15) is 10.2 Å². The highest BCUT2D eigenvalue weighted by Gasteiger charge is 2.27. The minimum absolute atomic E-state index is 0.150. The molecule has 1 amide bonds. The molecule has 1 aromatic carbocycles. The van der Waals surface area contributed by atoms with E-state index in [1.54, 1.807) is 17.0 Å². The van der Waals surface area contributed by atoms with E-state index in [1.165, 1.54) is 17.8 Å². The van der Waals surface area contributed by atoms with E-state index in [0.717, 1.165) is 23.3 Å². The number of rotatable bonds is 6. The van der Waals surface area contributed by atoms with Gasteiger partial charge in [0.2, 0.25) is 0 Å². The fraction of sp³-hybridized carbons (Fsp3) is 0.360. The standard InChI is InChI=1S/C25H27F2N7O/c1-3-33-16-19(17(2)30-33)15-31-9-11-32(12-10-31)25(35)20-14-28-34-22(23(26)27)13-21(29-24(20)34)18-7-5-4-6-8-18/h4-8,13-14,16,23H,3,9-12,15H2,1-2H3. The van der Waals surface area contributed by atoms with Crippen LogP contribution in [-0.2, 0) is 13.1 Å². The molecule has 5 rings (SSSR count). The normalized spacial score (nSPS) is 14.8. The maximum atomic E-state index is 13.8. The van der Waals surface area contributed by atoms with Gasteiger partial charge in [-0.25, -0.2) is 18.3 Å². The zero-order valence-electron chi connectivity index (χ0n) is 19.7. The molecule has 1 aliphatic rings. The third-order valence-electron chi connectivity index (χ3n) is 6.45. The number of hydrogen-bond acceptors (Lipinski definition) is 5. The molecule has 4 heterocycles. The van der Waals surface area contributed by atoms with Crippen LogP contribution in [0.5, 0.6) is 0 Å². The highest BCUT2D eigenvalue weighted by atomic mass is 19.3. The van der Waals surface area contributed by atoms with Crippen molar-refractivity contribution in [2.75, 3.05) is 26.2 Å². The molecule has 1 fully saturated rings. The van der Waals surface area contributed by atoms with Crippen molar-refractivity contribution in [3.05, 3.63) is 71.3 Å². The first kappa shape index (κ1) is 23.1. The monoisotopic (exact) mass is 479 g/mol. The Morgan fingerprint density at radius 2 is 1.86 bits per heavy atom. The van der Waals surface area contributed by atoms with Gasteiger partial charge in [-0.05, 0) is 19.9 Å². The summed E-state index contributed by atoms with van der Waals surface area (Å²) in [6, 6.07) is 10.4. The minimum atomic E-state index is -2.75. The summed E-state index contributed by atoms with van der Waals surface area (Å²) in [6.07, 6.45) is 0.665. The van der Waals surface area contributed by atoms with Crippen LogP contribution in [0, 0.1) is 6.92 Å². The highest BCUT2D eigenvalue weighted by Crippen LogP contribution is 2.27. The van der Waals surface area contributed by atoms with E-state index in [1.807, 2.05) is 29.8 Å². The molecule has 1 saturated heterocycles. The van der Waals surface area contributed by atoms with Crippen molar-refractivity contribution in [2.24, 2.45) is 0 Å². The predicted molar refractivity (Wildman–Crippen MR) is 127 cm³/mol. The van der Waals surface area contributed by atoms with Crippen molar-refractivity contribution in [1.82, 2.24) is 34.2 Å². The second kappa shape index (κ2) is 9.53. The highest BCUT2D eigenvalue weighted by molar-refractivity contribution is 6.00. The number of nitrogens with zero attached hydrogens (tertiary/aromatic N) is 7. The molecule has 0 bridgehead atoms. The Morgan fingerprint density at radius 1 is 1.11 bits per heavy atom. The van der Waals surface area contributed by atoms with E-state index < -0.39 is 6.43 Å². The summed E-state index contributed by atoms with van der Waals surface area (Å²) in [5.41, 5.74) is 3.39. The Balaban J connectivity index is 1.36. The molecular formula is C25H27F2N7O. The van der Waals surface area contributed by atoms with Gasteiger partial charge in [0, 0.05) is 56.6 Å². The molecule has 10 heteroatoms. The summed E-state index contributed by atoms with van der Waals surface area (Å²) >= 11 is 0. The summed E-state index contributed by atoms with van der Waals surface area (Å²) in [5.74, 6) is -0.243. The summed E-state index contributed by atoms with van der Waals surface area (Å²) < 4.78 is 30.7. The number of aromatic nitrogens is 5. The summed E-state index contributed by atoms with van der Waals surface area (Å²) in [6.45, 7) is 8.19. The largest absolute Gasteiger partial charge is 0.336 e. The Labute approximate surface area is 201 Å². The van der Waals surface area contributed by atoms with Crippen LogP contribution in [-0.4, -0.2) is 66.3 Å². The lowest BCUT2D eigenvalue weighted by Gasteiger charge is -2.34. The maximum absolute atomic E-state index is 13.8. The van der Waals surface area contributed by atoms with E-state index in [0.29, 0.717) is 37.4 Å². The number of aryl methyl sites for hydroxylation is 2. The molecule has 0 atom stereocenters. The van der Waals surface area contributed by atoms with Crippen LogP contribution in [0.1, 0.15) is 40.7 Å². The maximum Gasteiger partial charge on any atom is 0.280 e. The number of piperazine rings is 1. The molecule has 182 valence electrons. The number of hydrogen-bond donors (Lipinski definition) is 0. The SMILES string of the molecule is CCn1cc(CN2CCN(C(=O)c3cnn4c(C(F)F)cc(-c5ccccc5)nc34)CC2)c(C)n1. The first-order chi connectivity index (χ1) is 16.9. The molecule has 0 unspecified atom stereocenters. The molecule has 3 aromatic heterocycles. The van der Waals surface area contributed by atoms with Gasteiger partial charge >= 0.3 is 0 Å². The molecule has 35 heavy (non-hydrogen) atoms. The molecule has 0 spiro atoms. The van der Waals surface area contributed by atoms with E-state index in [9.17, 15) is 13.6 Å². The topological polar surface area (TPSA) is 71.6 Å². The lowest BCUT2D eigenvalue weighted by Crippen LogP contribution is -2.48. The van der Waals surface area contributed by atoms with E-state index in [2.05, 4.69) is 33.2 Å². The first-order valence-electron chi connectivity index (χ1n) is 11.7. The smallest absolute Gasteiger partial charge is 0.280 e. The molecular weight excluding hydrogens is 452 g/mol. The van der Waals surface area contributed by atoms with Crippen molar-refractivity contribution in [3.63, 3.8) is 0 Å². The van der Waals surface area contributed by atoms with Crippen LogP contribution in [0.2, 0.25) is 0 Å². The van der Waals surface area contributed by atoms with E-state index >= 15 is 0 Å². The third-order valence-corrected chi connectivity index (χ3v) is 6.45. The number of carbonyl (C=O) groups excluding carboxylic acids is 1. The number of carbonyl (C=O) groups is 1. The van der Waals surface area contributed by atoms with Gasteiger partial charge in [-0.1, -0.05) is 30.3 Å². The molecule has 0 N–H and O–H groups in total. The summed E-state index contributed by atoms with van der Waals surface area (Å²) in [4.78, 5) is 22.0. The van der Waals surface area contributed by atoms with Crippen molar-refractivity contribution < 1.29 is 13.6 Å². The fourth-order valence-electron chi connectivity index (χ4n) is 4.45. The number of alkyl halides is 2. The van der Waals surface area contributed by atoms with Crippen LogP contribution in [0.4, 0.5) is 8.78 Å². The predicted octanol–water partition coefficient (Wildman–Crippen LogP) is 3.82. The average Bonchev–Trinajstić information content (AvgIpc) is 3.47. The zero-order valence-corrected chi connectivity index (χ0v) is 19.7.